The summed E-state index contributed by atoms with van der Waals surface area (Å²) in [6.45, 7) is 8.13. The summed E-state index contributed by atoms with van der Waals surface area (Å²) in [6.07, 6.45) is 18.8. The van der Waals surface area contributed by atoms with Gasteiger partial charge in [0.2, 0.25) is 0 Å². The van der Waals surface area contributed by atoms with Gasteiger partial charge >= 0.3 is 5.97 Å². The Labute approximate surface area is 187 Å². The van der Waals surface area contributed by atoms with E-state index in [1.807, 2.05) is 18.2 Å². The summed E-state index contributed by atoms with van der Waals surface area (Å²) in [5, 5.41) is 25.9. The molecule has 0 aromatic rings. The van der Waals surface area contributed by atoms with Crippen LogP contribution in [0.2, 0.25) is 0 Å². The van der Waals surface area contributed by atoms with Crippen LogP contribution in [0.25, 0.3) is 0 Å². The van der Waals surface area contributed by atoms with Gasteiger partial charge in [0.25, 0.3) is 0 Å². The quantitative estimate of drug-likeness (QED) is 0.337. The number of rotatable bonds is 11. The summed E-state index contributed by atoms with van der Waals surface area (Å²) in [7, 11) is 0. The van der Waals surface area contributed by atoms with E-state index in [1.165, 1.54) is 5.57 Å². The van der Waals surface area contributed by atoms with Crippen LogP contribution >= 0.6 is 0 Å². The minimum absolute atomic E-state index is 0.109. The van der Waals surface area contributed by atoms with Crippen LogP contribution in [0.4, 0.5) is 0 Å². The van der Waals surface area contributed by atoms with Crippen molar-refractivity contribution >= 4 is 5.97 Å². The molecule has 0 radical (unpaired) electrons. The SMILES string of the molecule is C=C/C=C(\C=C/CC1=C(CC2CCC(C(=O)O)C2)NC(=C/CCO)/C(=C\CC)N1)CC. The molecule has 2 aliphatic rings. The van der Waals surface area contributed by atoms with Crippen LogP contribution in [0.3, 0.4) is 0 Å². The molecule has 1 fully saturated rings. The van der Waals surface area contributed by atoms with E-state index < -0.39 is 5.97 Å². The van der Waals surface area contributed by atoms with Crippen molar-refractivity contribution in [2.45, 2.75) is 65.2 Å². The molecule has 5 heteroatoms. The molecule has 5 nitrogen and oxygen atoms in total. The van der Waals surface area contributed by atoms with Crippen LogP contribution in [-0.2, 0) is 4.79 Å². The van der Waals surface area contributed by atoms with Crippen LogP contribution in [-0.4, -0.2) is 22.8 Å². The fourth-order valence-corrected chi connectivity index (χ4v) is 4.24. The molecule has 2 atom stereocenters. The standard InChI is InChI=1S/C26H38N2O3/c1-4-9-19(6-3)11-7-12-24-25(18-20-14-15-21(17-20)26(30)31)28-23(13-8-16-29)22(27-24)10-5-2/h4,7,9-11,13,20-21,27-29H,1,5-6,8,12,14-18H2,2-3H3,(H,30,31)/b11-7-,19-9-,22-10+,23-13+. The molecule has 0 bridgehead atoms. The summed E-state index contributed by atoms with van der Waals surface area (Å²) in [6, 6.07) is 0. The number of carboxylic acids is 1. The molecule has 2 unspecified atom stereocenters. The Morgan fingerprint density at radius 1 is 1.16 bits per heavy atom. The number of hydrogen-bond acceptors (Lipinski definition) is 4. The molecule has 1 aliphatic heterocycles. The Morgan fingerprint density at radius 3 is 2.52 bits per heavy atom. The second-order valence-electron chi connectivity index (χ2n) is 8.22. The number of aliphatic carboxylic acids is 1. The van der Waals surface area contributed by atoms with Gasteiger partial charge in [-0.15, -0.1) is 0 Å². The minimum atomic E-state index is -0.674. The lowest BCUT2D eigenvalue weighted by molar-refractivity contribution is -0.141. The number of aliphatic hydroxyl groups is 1. The molecular weight excluding hydrogens is 388 g/mol. The van der Waals surface area contributed by atoms with Crippen LogP contribution in [0, 0.1) is 11.8 Å². The van der Waals surface area contributed by atoms with Crippen LogP contribution in [0.1, 0.15) is 65.2 Å². The predicted molar refractivity (Wildman–Crippen MR) is 127 cm³/mol. The Kier molecular flexibility index (Phi) is 10.4. The number of nitrogens with one attached hydrogen (secondary N) is 2. The lowest BCUT2D eigenvalue weighted by Crippen LogP contribution is -2.33. The van der Waals surface area contributed by atoms with Gasteiger partial charge in [0.15, 0.2) is 0 Å². The van der Waals surface area contributed by atoms with Gasteiger partial charge in [-0.05, 0) is 56.4 Å². The smallest absolute Gasteiger partial charge is 0.306 e. The topological polar surface area (TPSA) is 81.6 Å². The van der Waals surface area contributed by atoms with Gasteiger partial charge < -0.3 is 20.8 Å². The van der Waals surface area contributed by atoms with Gasteiger partial charge in [-0.3, -0.25) is 4.79 Å². The van der Waals surface area contributed by atoms with Gasteiger partial charge in [-0.25, -0.2) is 0 Å². The highest BCUT2D eigenvalue weighted by Gasteiger charge is 2.31. The second-order valence-corrected chi connectivity index (χ2v) is 8.22. The van der Waals surface area contributed by atoms with Crippen LogP contribution in [0.5, 0.6) is 0 Å². The predicted octanol–water partition coefficient (Wildman–Crippen LogP) is 5.31. The van der Waals surface area contributed by atoms with E-state index in [1.54, 1.807) is 0 Å². The van der Waals surface area contributed by atoms with Gasteiger partial charge in [0.1, 0.15) is 0 Å². The number of aliphatic hydroxyl groups excluding tert-OH is 1. The van der Waals surface area contributed by atoms with E-state index in [-0.39, 0.29) is 12.5 Å². The van der Waals surface area contributed by atoms with E-state index in [0.29, 0.717) is 12.3 Å². The van der Waals surface area contributed by atoms with Gasteiger partial charge in [-0.2, -0.15) is 0 Å². The van der Waals surface area contributed by atoms with Crippen LogP contribution in [0.15, 0.2) is 71.4 Å². The highest BCUT2D eigenvalue weighted by Crippen LogP contribution is 2.36. The zero-order valence-corrected chi connectivity index (χ0v) is 19.0. The maximum Gasteiger partial charge on any atom is 0.306 e. The summed E-state index contributed by atoms with van der Waals surface area (Å²) in [5.74, 6) is -0.527. The minimum Gasteiger partial charge on any atom is -0.481 e. The molecule has 1 heterocycles. The number of carboxylic acid groups (broad SMARTS) is 1. The first kappa shape index (κ1) is 24.7. The summed E-state index contributed by atoms with van der Waals surface area (Å²) >= 11 is 0. The van der Waals surface area contributed by atoms with Gasteiger partial charge in [0.05, 0.1) is 17.3 Å². The van der Waals surface area contributed by atoms with Crippen molar-refractivity contribution < 1.29 is 15.0 Å². The molecule has 1 aliphatic carbocycles. The highest BCUT2D eigenvalue weighted by molar-refractivity contribution is 5.70. The second kappa shape index (κ2) is 13.0. The molecule has 1 saturated carbocycles. The first-order valence-electron chi connectivity index (χ1n) is 11.5. The third-order valence-electron chi connectivity index (χ3n) is 5.89. The van der Waals surface area contributed by atoms with Crippen molar-refractivity contribution in [3.8, 4) is 0 Å². The molecular formula is C26H38N2O3. The Hall–Kier alpha value is -2.53. The average Bonchev–Trinajstić information content (AvgIpc) is 3.22. The first-order chi connectivity index (χ1) is 15.0. The fraction of sp³-hybridized carbons (Fsp3) is 0.500. The molecule has 0 aromatic carbocycles. The molecule has 0 amide bonds. The Morgan fingerprint density at radius 2 is 1.90 bits per heavy atom. The van der Waals surface area contributed by atoms with E-state index in [0.717, 1.165) is 67.7 Å². The molecule has 2 rings (SSSR count). The first-order valence-corrected chi connectivity index (χ1v) is 11.5. The maximum absolute atomic E-state index is 11.4. The van der Waals surface area contributed by atoms with E-state index in [9.17, 15) is 15.0 Å². The highest BCUT2D eigenvalue weighted by atomic mass is 16.4. The van der Waals surface area contributed by atoms with Gasteiger partial charge in [-0.1, -0.05) is 56.9 Å². The summed E-state index contributed by atoms with van der Waals surface area (Å²) in [5.41, 5.74) is 5.52. The van der Waals surface area contributed by atoms with Crippen molar-refractivity contribution in [2.24, 2.45) is 11.8 Å². The molecule has 170 valence electrons. The van der Waals surface area contributed by atoms with Crippen molar-refractivity contribution in [1.29, 1.82) is 0 Å². The molecule has 0 spiro atoms. The number of carbonyl (C=O) groups is 1. The van der Waals surface area contributed by atoms with E-state index in [4.69, 9.17) is 0 Å². The third kappa shape index (κ3) is 7.59. The number of allylic oxidation sites excluding steroid dienone is 7. The summed E-state index contributed by atoms with van der Waals surface area (Å²) in [4.78, 5) is 11.4. The van der Waals surface area contributed by atoms with Crippen LogP contribution < -0.4 is 10.6 Å². The molecule has 0 saturated heterocycles. The molecule has 31 heavy (non-hydrogen) atoms. The van der Waals surface area contributed by atoms with Gasteiger partial charge in [0, 0.05) is 24.4 Å². The van der Waals surface area contributed by atoms with Crippen molar-refractivity contribution in [3.63, 3.8) is 0 Å². The monoisotopic (exact) mass is 426 g/mol. The third-order valence-corrected chi connectivity index (χ3v) is 5.89. The van der Waals surface area contributed by atoms with Crippen molar-refractivity contribution in [3.05, 3.63) is 71.4 Å². The Bertz CT molecular complexity index is 786. The number of hydrogen-bond donors (Lipinski definition) is 4. The average molecular weight is 427 g/mol. The van der Waals surface area contributed by atoms with Crippen molar-refractivity contribution in [2.75, 3.05) is 6.61 Å². The summed E-state index contributed by atoms with van der Waals surface area (Å²) < 4.78 is 0. The zero-order valence-electron chi connectivity index (χ0n) is 19.0. The largest absolute Gasteiger partial charge is 0.481 e. The maximum atomic E-state index is 11.4. The lowest BCUT2D eigenvalue weighted by Gasteiger charge is -2.30. The Balaban J connectivity index is 2.27. The lowest BCUT2D eigenvalue weighted by atomic mass is 9.96. The normalized spacial score (nSPS) is 24.7. The van der Waals surface area contributed by atoms with E-state index in [2.05, 4.69) is 49.3 Å². The zero-order chi connectivity index (χ0) is 22.6. The van der Waals surface area contributed by atoms with E-state index >= 15 is 0 Å². The molecule has 0 aromatic heterocycles. The fourth-order valence-electron chi connectivity index (χ4n) is 4.24. The molecule has 4 N–H and O–H groups in total. The van der Waals surface area contributed by atoms with Crippen molar-refractivity contribution in [1.82, 2.24) is 10.6 Å².